The summed E-state index contributed by atoms with van der Waals surface area (Å²) in [5.41, 5.74) is 3.41. The highest BCUT2D eigenvalue weighted by Crippen LogP contribution is 2.33. The van der Waals surface area contributed by atoms with Gasteiger partial charge in [-0.2, -0.15) is 5.01 Å². The van der Waals surface area contributed by atoms with Crippen LogP contribution in [0.4, 0.5) is 4.79 Å². The molecule has 9 heteroatoms. The molecule has 1 aliphatic heterocycles. The van der Waals surface area contributed by atoms with Crippen LogP contribution in [0.15, 0.2) is 42.1 Å². The van der Waals surface area contributed by atoms with Crippen molar-refractivity contribution in [2.45, 2.75) is 49.3 Å². The first-order chi connectivity index (χ1) is 14.0. The lowest BCUT2D eigenvalue weighted by Crippen LogP contribution is -2.51. The molecule has 8 nitrogen and oxygen atoms in total. The summed E-state index contributed by atoms with van der Waals surface area (Å²) < 4.78 is 1.98. The predicted molar refractivity (Wildman–Crippen MR) is 110 cm³/mol. The van der Waals surface area contributed by atoms with Gasteiger partial charge in [0.25, 0.3) is 5.91 Å². The number of para-hydroxylation sites is 2. The molecule has 0 bridgehead atoms. The highest BCUT2D eigenvalue weighted by atomic mass is 32.2. The van der Waals surface area contributed by atoms with Crippen LogP contribution in [0.2, 0.25) is 0 Å². The van der Waals surface area contributed by atoms with Gasteiger partial charge in [0.15, 0.2) is 5.16 Å². The number of urea groups is 1. The quantitative estimate of drug-likeness (QED) is 0.431. The fourth-order valence-corrected chi connectivity index (χ4v) is 4.79. The molecular weight excluding hydrogens is 390 g/mol. The Labute approximate surface area is 172 Å². The van der Waals surface area contributed by atoms with Crippen LogP contribution < -0.4 is 10.7 Å². The number of benzene rings is 1. The minimum absolute atomic E-state index is 0.0323. The van der Waals surface area contributed by atoms with Crippen LogP contribution in [0.5, 0.6) is 0 Å². The summed E-state index contributed by atoms with van der Waals surface area (Å²) in [5.74, 6) is -0.757. The topological polar surface area (TPSA) is 96.3 Å². The number of nitrogens with one attached hydrogen (secondary N) is 2. The molecule has 2 fully saturated rings. The van der Waals surface area contributed by atoms with E-state index in [9.17, 15) is 14.4 Å². The van der Waals surface area contributed by atoms with Crippen LogP contribution in [0.1, 0.15) is 32.1 Å². The number of imide groups is 1. The minimum atomic E-state index is -0.853. The van der Waals surface area contributed by atoms with E-state index < -0.39 is 17.5 Å². The molecule has 1 aliphatic carbocycles. The van der Waals surface area contributed by atoms with Gasteiger partial charge in [0.05, 0.1) is 16.8 Å². The zero-order valence-corrected chi connectivity index (χ0v) is 16.8. The highest BCUT2D eigenvalue weighted by Gasteiger charge is 2.52. The van der Waals surface area contributed by atoms with Crippen molar-refractivity contribution >= 4 is 40.6 Å². The lowest BCUT2D eigenvalue weighted by atomic mass is 9.82. The van der Waals surface area contributed by atoms with E-state index in [-0.39, 0.29) is 11.7 Å². The van der Waals surface area contributed by atoms with Gasteiger partial charge in [-0.3, -0.25) is 15.0 Å². The average Bonchev–Trinajstić information content (AvgIpc) is 3.18. The lowest BCUT2D eigenvalue weighted by molar-refractivity contribution is -0.139. The van der Waals surface area contributed by atoms with E-state index in [2.05, 4.69) is 22.3 Å². The maximum absolute atomic E-state index is 12.8. The Morgan fingerprint density at radius 2 is 2.03 bits per heavy atom. The van der Waals surface area contributed by atoms with Crippen LogP contribution in [0.3, 0.4) is 0 Å². The van der Waals surface area contributed by atoms with Gasteiger partial charge in [0.1, 0.15) is 5.54 Å². The van der Waals surface area contributed by atoms with Crippen LogP contribution in [0.25, 0.3) is 11.0 Å². The SMILES string of the molecule is C=CCn1c(SCC(=O)NN2C(=O)NC3(CCCCC3)C2=O)nc2ccccc21. The Kier molecular flexibility index (Phi) is 5.31. The third-order valence-corrected chi connectivity index (χ3v) is 6.35. The number of carbonyl (C=O) groups excluding carboxylic acids is 3. The number of carbonyl (C=O) groups is 3. The van der Waals surface area contributed by atoms with Crippen molar-refractivity contribution in [1.29, 1.82) is 0 Å². The van der Waals surface area contributed by atoms with E-state index in [1.165, 1.54) is 11.8 Å². The first-order valence-electron chi connectivity index (χ1n) is 9.69. The van der Waals surface area contributed by atoms with Crippen LogP contribution in [-0.4, -0.2) is 43.7 Å². The lowest BCUT2D eigenvalue weighted by Gasteiger charge is -2.30. The summed E-state index contributed by atoms with van der Waals surface area (Å²) in [6.45, 7) is 4.35. The van der Waals surface area contributed by atoms with Crippen LogP contribution in [0, 0.1) is 0 Å². The van der Waals surface area contributed by atoms with Crippen molar-refractivity contribution in [3.05, 3.63) is 36.9 Å². The second-order valence-corrected chi connectivity index (χ2v) is 8.26. The Hall–Kier alpha value is -2.81. The molecule has 4 amide bonds. The molecule has 1 spiro atoms. The number of aromatic nitrogens is 2. The maximum atomic E-state index is 12.8. The number of fused-ring (bicyclic) bond motifs is 1. The number of thioether (sulfide) groups is 1. The Bertz CT molecular complexity index is 980. The average molecular weight is 414 g/mol. The van der Waals surface area contributed by atoms with Crippen LogP contribution >= 0.6 is 11.8 Å². The normalized spacial score (nSPS) is 18.3. The molecule has 0 unspecified atom stereocenters. The molecule has 29 heavy (non-hydrogen) atoms. The monoisotopic (exact) mass is 413 g/mol. The standard InChI is InChI=1S/C20H23N5O3S/c1-2-12-24-15-9-5-4-8-14(15)21-19(24)29-13-16(26)23-25-17(27)20(22-18(25)28)10-6-3-7-11-20/h2,4-5,8-9H,1,3,6-7,10-13H2,(H,22,28)(H,23,26). The number of hydrogen-bond donors (Lipinski definition) is 2. The third-order valence-electron chi connectivity index (χ3n) is 5.37. The third kappa shape index (κ3) is 3.62. The van der Waals surface area contributed by atoms with Gasteiger partial charge in [0.2, 0.25) is 5.91 Å². The van der Waals surface area contributed by atoms with Gasteiger partial charge in [-0.05, 0) is 25.0 Å². The Morgan fingerprint density at radius 1 is 1.28 bits per heavy atom. The van der Waals surface area contributed by atoms with Gasteiger partial charge in [-0.1, -0.05) is 49.2 Å². The zero-order chi connectivity index (χ0) is 20.4. The summed E-state index contributed by atoms with van der Waals surface area (Å²) in [5, 5.41) is 4.30. The number of hydrazine groups is 1. The molecule has 2 heterocycles. The van der Waals surface area contributed by atoms with Crippen molar-refractivity contribution in [1.82, 2.24) is 25.3 Å². The molecule has 0 radical (unpaired) electrons. The molecule has 2 N–H and O–H groups in total. The number of amides is 4. The maximum Gasteiger partial charge on any atom is 0.344 e. The predicted octanol–water partition coefficient (Wildman–Crippen LogP) is 2.60. The van der Waals surface area contributed by atoms with Crippen molar-refractivity contribution in [3.63, 3.8) is 0 Å². The summed E-state index contributed by atoms with van der Waals surface area (Å²) in [7, 11) is 0. The summed E-state index contributed by atoms with van der Waals surface area (Å²) >= 11 is 1.26. The smallest absolute Gasteiger partial charge is 0.322 e. The molecule has 1 saturated carbocycles. The second kappa shape index (κ2) is 7.90. The molecule has 2 aliphatic rings. The van der Waals surface area contributed by atoms with Gasteiger partial charge in [-0.15, -0.1) is 6.58 Å². The molecule has 1 saturated heterocycles. The molecule has 4 rings (SSSR count). The first kappa shape index (κ1) is 19.5. The van der Waals surface area contributed by atoms with Gasteiger partial charge in [0, 0.05) is 6.54 Å². The highest BCUT2D eigenvalue weighted by molar-refractivity contribution is 7.99. The number of allylic oxidation sites excluding steroid dienone is 1. The molecule has 1 aromatic heterocycles. The second-order valence-electron chi connectivity index (χ2n) is 7.32. The van der Waals surface area contributed by atoms with Gasteiger partial charge < -0.3 is 9.88 Å². The summed E-state index contributed by atoms with van der Waals surface area (Å²) in [6.07, 6.45) is 5.84. The van der Waals surface area contributed by atoms with E-state index in [0.717, 1.165) is 35.3 Å². The number of imidazole rings is 1. The summed E-state index contributed by atoms with van der Waals surface area (Å²) in [6, 6.07) is 7.16. The number of nitrogens with zero attached hydrogens (tertiary/aromatic N) is 3. The van der Waals surface area contributed by atoms with Crippen molar-refractivity contribution in [2.24, 2.45) is 0 Å². The first-order valence-corrected chi connectivity index (χ1v) is 10.7. The number of rotatable bonds is 6. The fraction of sp³-hybridized carbons (Fsp3) is 0.400. The van der Waals surface area contributed by atoms with E-state index in [4.69, 9.17) is 0 Å². The van der Waals surface area contributed by atoms with Crippen molar-refractivity contribution in [3.8, 4) is 0 Å². The van der Waals surface area contributed by atoms with Gasteiger partial charge in [-0.25, -0.2) is 9.78 Å². The van der Waals surface area contributed by atoms with Gasteiger partial charge >= 0.3 is 6.03 Å². The minimum Gasteiger partial charge on any atom is -0.322 e. The Balaban J connectivity index is 1.42. The van der Waals surface area contributed by atoms with Crippen molar-refractivity contribution in [2.75, 3.05) is 5.75 Å². The van der Waals surface area contributed by atoms with E-state index in [1.807, 2.05) is 28.8 Å². The van der Waals surface area contributed by atoms with Crippen LogP contribution in [-0.2, 0) is 16.1 Å². The largest absolute Gasteiger partial charge is 0.344 e. The fourth-order valence-electron chi connectivity index (χ4n) is 3.97. The van der Waals surface area contributed by atoms with E-state index in [0.29, 0.717) is 24.5 Å². The Morgan fingerprint density at radius 3 is 2.79 bits per heavy atom. The molecule has 2 aromatic rings. The molecule has 1 aromatic carbocycles. The summed E-state index contributed by atoms with van der Waals surface area (Å²) in [4.78, 5) is 42.0. The number of hydrogen-bond acceptors (Lipinski definition) is 5. The van der Waals surface area contributed by atoms with E-state index >= 15 is 0 Å². The van der Waals surface area contributed by atoms with E-state index in [1.54, 1.807) is 6.08 Å². The molecule has 0 atom stereocenters. The zero-order valence-electron chi connectivity index (χ0n) is 16.0. The molecular formula is C20H23N5O3S. The van der Waals surface area contributed by atoms with Crippen molar-refractivity contribution < 1.29 is 14.4 Å². The molecule has 152 valence electrons.